The summed E-state index contributed by atoms with van der Waals surface area (Å²) in [6.45, 7) is 2.65. The van der Waals surface area contributed by atoms with Gasteiger partial charge in [0.1, 0.15) is 11.6 Å². The summed E-state index contributed by atoms with van der Waals surface area (Å²) in [6.07, 6.45) is 0.241. The molecule has 0 saturated carbocycles. The number of benzene rings is 2. The highest BCUT2D eigenvalue weighted by Gasteiger charge is 2.10. The Morgan fingerprint density at radius 1 is 1.12 bits per heavy atom. The number of carbonyl (C=O) groups excluding carboxylic acids is 1. The molecule has 0 radical (unpaired) electrons. The standard InChI is InChI=1S/C19H18FN3O3/c1-2-25-16-9-3-13(4-10-16)11-17(24)21-12-18-22-23-19(26-18)14-5-7-15(20)8-6-14/h3-10H,2,11-12H2,1H3,(H,21,24). The molecule has 1 N–H and O–H groups in total. The largest absolute Gasteiger partial charge is 0.494 e. The maximum absolute atomic E-state index is 12.9. The van der Waals surface area contributed by atoms with Gasteiger partial charge in [-0.2, -0.15) is 0 Å². The van der Waals surface area contributed by atoms with E-state index >= 15 is 0 Å². The SMILES string of the molecule is CCOc1ccc(CC(=O)NCc2nnc(-c3ccc(F)cc3)o2)cc1. The predicted octanol–water partition coefficient (Wildman–Crippen LogP) is 3.13. The molecule has 1 aromatic heterocycles. The van der Waals surface area contributed by atoms with E-state index in [0.717, 1.165) is 11.3 Å². The second kappa shape index (κ2) is 8.24. The van der Waals surface area contributed by atoms with Crippen molar-refractivity contribution in [2.75, 3.05) is 6.61 Å². The van der Waals surface area contributed by atoms with E-state index < -0.39 is 0 Å². The second-order valence-electron chi connectivity index (χ2n) is 5.54. The third-order valence-corrected chi connectivity index (χ3v) is 3.59. The molecule has 0 fully saturated rings. The minimum atomic E-state index is -0.338. The van der Waals surface area contributed by atoms with Gasteiger partial charge >= 0.3 is 0 Å². The number of halogens is 1. The number of hydrogen-bond acceptors (Lipinski definition) is 5. The van der Waals surface area contributed by atoms with E-state index in [-0.39, 0.29) is 36.5 Å². The monoisotopic (exact) mass is 355 g/mol. The molecule has 1 amide bonds. The highest BCUT2D eigenvalue weighted by molar-refractivity contribution is 5.78. The van der Waals surface area contributed by atoms with E-state index in [1.165, 1.54) is 12.1 Å². The lowest BCUT2D eigenvalue weighted by Crippen LogP contribution is -2.24. The van der Waals surface area contributed by atoms with Crippen LogP contribution in [0.1, 0.15) is 18.4 Å². The lowest BCUT2D eigenvalue weighted by molar-refractivity contribution is -0.120. The van der Waals surface area contributed by atoms with Gasteiger partial charge in [-0.25, -0.2) is 4.39 Å². The van der Waals surface area contributed by atoms with Gasteiger partial charge in [0.15, 0.2) is 0 Å². The van der Waals surface area contributed by atoms with Crippen LogP contribution in [-0.4, -0.2) is 22.7 Å². The van der Waals surface area contributed by atoms with Crippen LogP contribution < -0.4 is 10.1 Å². The molecule has 0 unspecified atom stereocenters. The van der Waals surface area contributed by atoms with Gasteiger partial charge in [-0.3, -0.25) is 4.79 Å². The van der Waals surface area contributed by atoms with E-state index in [2.05, 4.69) is 15.5 Å². The zero-order valence-corrected chi connectivity index (χ0v) is 14.2. The fraction of sp³-hybridized carbons (Fsp3) is 0.211. The Labute approximate surface area is 150 Å². The summed E-state index contributed by atoms with van der Waals surface area (Å²) < 4.78 is 23.8. The van der Waals surface area contributed by atoms with E-state index in [0.29, 0.717) is 12.2 Å². The maximum Gasteiger partial charge on any atom is 0.247 e. The van der Waals surface area contributed by atoms with Gasteiger partial charge in [-0.05, 0) is 48.9 Å². The molecule has 134 valence electrons. The van der Waals surface area contributed by atoms with Crippen molar-refractivity contribution >= 4 is 5.91 Å². The van der Waals surface area contributed by atoms with Crippen molar-refractivity contribution in [3.63, 3.8) is 0 Å². The maximum atomic E-state index is 12.9. The summed E-state index contributed by atoms with van der Waals surface area (Å²) in [5.74, 6) is 0.840. The van der Waals surface area contributed by atoms with Crippen molar-refractivity contribution in [3.8, 4) is 17.2 Å². The van der Waals surface area contributed by atoms with Gasteiger partial charge in [-0.1, -0.05) is 12.1 Å². The Bertz CT molecular complexity index is 860. The lowest BCUT2D eigenvalue weighted by Gasteiger charge is -2.05. The summed E-state index contributed by atoms with van der Waals surface area (Å²) in [4.78, 5) is 12.0. The van der Waals surface area contributed by atoms with Gasteiger partial charge < -0.3 is 14.5 Å². The van der Waals surface area contributed by atoms with Gasteiger partial charge in [-0.15, -0.1) is 10.2 Å². The number of nitrogens with one attached hydrogen (secondary N) is 1. The van der Waals surface area contributed by atoms with Gasteiger partial charge in [0, 0.05) is 5.56 Å². The topological polar surface area (TPSA) is 77.2 Å². The average molecular weight is 355 g/mol. The molecule has 2 aromatic carbocycles. The van der Waals surface area contributed by atoms with E-state index in [9.17, 15) is 9.18 Å². The van der Waals surface area contributed by atoms with Gasteiger partial charge in [0.25, 0.3) is 0 Å². The van der Waals surface area contributed by atoms with Crippen LogP contribution in [0.15, 0.2) is 52.9 Å². The predicted molar refractivity (Wildman–Crippen MR) is 92.9 cm³/mol. The summed E-state index contributed by atoms with van der Waals surface area (Å²) in [5, 5.41) is 10.5. The molecule has 26 heavy (non-hydrogen) atoms. The molecule has 3 aromatic rings. The summed E-state index contributed by atoms with van der Waals surface area (Å²) in [7, 11) is 0. The molecular formula is C19H18FN3O3. The van der Waals surface area contributed by atoms with Crippen LogP contribution in [0.5, 0.6) is 5.75 Å². The minimum Gasteiger partial charge on any atom is -0.494 e. The summed E-state index contributed by atoms with van der Waals surface area (Å²) in [5.41, 5.74) is 1.49. The number of rotatable bonds is 7. The van der Waals surface area contributed by atoms with Crippen molar-refractivity contribution < 1.29 is 18.3 Å². The smallest absolute Gasteiger partial charge is 0.247 e. The Balaban J connectivity index is 1.52. The molecule has 7 heteroatoms. The molecule has 0 saturated heterocycles. The quantitative estimate of drug-likeness (QED) is 0.704. The number of carbonyl (C=O) groups is 1. The third kappa shape index (κ3) is 4.66. The van der Waals surface area contributed by atoms with E-state index in [1.54, 1.807) is 12.1 Å². The second-order valence-corrected chi connectivity index (χ2v) is 5.54. The minimum absolute atomic E-state index is 0.129. The zero-order valence-electron chi connectivity index (χ0n) is 14.2. The van der Waals surface area contributed by atoms with Crippen LogP contribution in [-0.2, 0) is 17.8 Å². The average Bonchev–Trinajstić information content (AvgIpc) is 3.11. The summed E-state index contributed by atoms with van der Waals surface area (Å²) >= 11 is 0. The van der Waals surface area contributed by atoms with Crippen LogP contribution in [0.2, 0.25) is 0 Å². The molecular weight excluding hydrogens is 337 g/mol. The number of amides is 1. The van der Waals surface area contributed by atoms with Crippen LogP contribution in [0, 0.1) is 5.82 Å². The van der Waals surface area contributed by atoms with Crippen LogP contribution in [0.3, 0.4) is 0 Å². The van der Waals surface area contributed by atoms with E-state index in [1.807, 2.05) is 31.2 Å². The Kier molecular flexibility index (Phi) is 5.58. The molecule has 1 heterocycles. The van der Waals surface area contributed by atoms with Crippen molar-refractivity contribution in [3.05, 3.63) is 65.8 Å². The van der Waals surface area contributed by atoms with Crippen LogP contribution in [0.25, 0.3) is 11.5 Å². The number of ether oxygens (including phenoxy) is 1. The summed E-state index contributed by atoms with van der Waals surface area (Å²) in [6, 6.07) is 13.1. The first-order valence-electron chi connectivity index (χ1n) is 8.21. The highest BCUT2D eigenvalue weighted by atomic mass is 19.1. The molecule has 0 aliphatic heterocycles. The van der Waals surface area contributed by atoms with Gasteiger partial charge in [0.05, 0.1) is 19.6 Å². The van der Waals surface area contributed by atoms with Crippen LogP contribution >= 0.6 is 0 Å². The molecule has 6 nitrogen and oxygen atoms in total. The number of hydrogen-bond donors (Lipinski definition) is 1. The molecule has 0 atom stereocenters. The first kappa shape index (κ1) is 17.6. The zero-order chi connectivity index (χ0) is 18.4. The van der Waals surface area contributed by atoms with Gasteiger partial charge in [0.2, 0.25) is 17.7 Å². The number of aromatic nitrogens is 2. The van der Waals surface area contributed by atoms with Crippen molar-refractivity contribution in [2.45, 2.75) is 19.9 Å². The molecule has 0 aliphatic carbocycles. The highest BCUT2D eigenvalue weighted by Crippen LogP contribution is 2.18. The first-order valence-corrected chi connectivity index (χ1v) is 8.21. The lowest BCUT2D eigenvalue weighted by atomic mass is 10.1. The van der Waals surface area contributed by atoms with E-state index in [4.69, 9.17) is 9.15 Å². The molecule has 0 bridgehead atoms. The Morgan fingerprint density at radius 2 is 1.85 bits per heavy atom. The van der Waals surface area contributed by atoms with Crippen molar-refractivity contribution in [1.29, 1.82) is 0 Å². The van der Waals surface area contributed by atoms with Crippen LogP contribution in [0.4, 0.5) is 4.39 Å². The Hall–Kier alpha value is -3.22. The fourth-order valence-corrected chi connectivity index (χ4v) is 2.33. The normalized spacial score (nSPS) is 10.5. The Morgan fingerprint density at radius 3 is 2.54 bits per heavy atom. The fourth-order valence-electron chi connectivity index (χ4n) is 2.33. The van der Waals surface area contributed by atoms with Crippen molar-refractivity contribution in [2.24, 2.45) is 0 Å². The third-order valence-electron chi connectivity index (χ3n) is 3.59. The molecule has 0 aliphatic rings. The molecule has 0 spiro atoms. The van der Waals surface area contributed by atoms with Crippen molar-refractivity contribution in [1.82, 2.24) is 15.5 Å². The molecule has 3 rings (SSSR count). The number of nitrogens with zero attached hydrogens (tertiary/aromatic N) is 2. The first-order chi connectivity index (χ1) is 12.6.